The summed E-state index contributed by atoms with van der Waals surface area (Å²) in [5.41, 5.74) is 0.421. The summed E-state index contributed by atoms with van der Waals surface area (Å²) >= 11 is 0. The lowest BCUT2D eigenvalue weighted by Crippen LogP contribution is -2.04. The highest BCUT2D eigenvalue weighted by Crippen LogP contribution is 2.29. The SMILES string of the molecule is CCOC(=O)c1cc(O)c2c(F)cccc2c1.CCOC(=O)c1cc(O)c2ccc(F)cc2c1. The van der Waals surface area contributed by atoms with Gasteiger partial charge >= 0.3 is 11.9 Å². The van der Waals surface area contributed by atoms with Crippen LogP contribution in [-0.2, 0) is 9.47 Å². The van der Waals surface area contributed by atoms with Crippen LogP contribution >= 0.6 is 0 Å². The van der Waals surface area contributed by atoms with E-state index in [1.54, 1.807) is 19.9 Å². The van der Waals surface area contributed by atoms with Gasteiger partial charge in [-0.25, -0.2) is 18.4 Å². The van der Waals surface area contributed by atoms with E-state index in [-0.39, 0.29) is 41.2 Å². The Bertz CT molecular complexity index is 1340. The monoisotopic (exact) mass is 468 g/mol. The first-order chi connectivity index (χ1) is 16.2. The van der Waals surface area contributed by atoms with E-state index in [0.717, 1.165) is 0 Å². The first-order valence-electron chi connectivity index (χ1n) is 10.4. The summed E-state index contributed by atoms with van der Waals surface area (Å²) in [5, 5.41) is 21.0. The van der Waals surface area contributed by atoms with Gasteiger partial charge in [0.1, 0.15) is 23.1 Å². The van der Waals surface area contributed by atoms with E-state index in [1.165, 1.54) is 54.6 Å². The van der Waals surface area contributed by atoms with Crippen LogP contribution < -0.4 is 0 Å². The zero-order chi connectivity index (χ0) is 24.8. The maximum Gasteiger partial charge on any atom is 0.338 e. The van der Waals surface area contributed by atoms with Crippen molar-refractivity contribution >= 4 is 33.5 Å². The Hall–Kier alpha value is -4.20. The summed E-state index contributed by atoms with van der Waals surface area (Å²) in [6, 6.07) is 13.9. The van der Waals surface area contributed by atoms with Gasteiger partial charge in [0, 0.05) is 5.39 Å². The molecule has 0 amide bonds. The number of benzene rings is 4. The fraction of sp³-hybridized carbons (Fsp3) is 0.154. The van der Waals surface area contributed by atoms with Crippen LogP contribution in [0.2, 0.25) is 0 Å². The average molecular weight is 468 g/mol. The molecule has 6 nitrogen and oxygen atoms in total. The van der Waals surface area contributed by atoms with Crippen LogP contribution in [0.3, 0.4) is 0 Å². The highest BCUT2D eigenvalue weighted by Gasteiger charge is 2.13. The highest BCUT2D eigenvalue weighted by molar-refractivity contribution is 5.99. The highest BCUT2D eigenvalue weighted by atomic mass is 19.1. The Morgan fingerprint density at radius 1 is 0.765 bits per heavy atom. The number of hydrogen-bond donors (Lipinski definition) is 2. The molecule has 0 spiro atoms. The first-order valence-corrected chi connectivity index (χ1v) is 10.4. The van der Waals surface area contributed by atoms with Crippen LogP contribution in [0.25, 0.3) is 21.5 Å². The second kappa shape index (κ2) is 10.6. The Morgan fingerprint density at radius 3 is 1.97 bits per heavy atom. The van der Waals surface area contributed by atoms with Gasteiger partial charge in [-0.2, -0.15) is 0 Å². The van der Waals surface area contributed by atoms with Crippen LogP contribution in [0.5, 0.6) is 11.5 Å². The van der Waals surface area contributed by atoms with Crippen LogP contribution in [0.15, 0.2) is 60.7 Å². The molecule has 2 N–H and O–H groups in total. The number of fused-ring (bicyclic) bond motifs is 2. The van der Waals surface area contributed by atoms with Crippen molar-refractivity contribution < 1.29 is 38.1 Å². The van der Waals surface area contributed by atoms with Gasteiger partial charge in [-0.05, 0) is 73.2 Å². The van der Waals surface area contributed by atoms with E-state index in [4.69, 9.17) is 9.47 Å². The molecule has 0 saturated carbocycles. The van der Waals surface area contributed by atoms with Gasteiger partial charge in [-0.1, -0.05) is 12.1 Å². The number of ether oxygens (including phenoxy) is 2. The van der Waals surface area contributed by atoms with E-state index < -0.39 is 23.6 Å². The predicted molar refractivity (Wildman–Crippen MR) is 123 cm³/mol. The number of carbonyl (C=O) groups excluding carboxylic acids is 2. The van der Waals surface area contributed by atoms with Crippen LogP contribution in [-0.4, -0.2) is 35.4 Å². The molecule has 0 aliphatic rings. The van der Waals surface area contributed by atoms with Gasteiger partial charge in [-0.3, -0.25) is 0 Å². The molecule has 0 aliphatic carbocycles. The number of phenols is 2. The zero-order valence-electron chi connectivity index (χ0n) is 18.5. The van der Waals surface area contributed by atoms with Crippen molar-refractivity contribution in [3.8, 4) is 11.5 Å². The maximum absolute atomic E-state index is 13.5. The molecule has 0 unspecified atom stereocenters. The number of halogens is 2. The zero-order valence-corrected chi connectivity index (χ0v) is 18.5. The quantitative estimate of drug-likeness (QED) is 0.372. The molecule has 0 fully saturated rings. The van der Waals surface area contributed by atoms with Crippen molar-refractivity contribution in [1.29, 1.82) is 0 Å². The van der Waals surface area contributed by atoms with Crippen molar-refractivity contribution in [2.75, 3.05) is 13.2 Å². The van der Waals surface area contributed by atoms with E-state index in [1.807, 2.05) is 0 Å². The lowest BCUT2D eigenvalue weighted by atomic mass is 10.1. The molecule has 8 heteroatoms. The van der Waals surface area contributed by atoms with Gasteiger partial charge < -0.3 is 19.7 Å². The molecule has 4 rings (SSSR count). The van der Waals surface area contributed by atoms with Crippen LogP contribution in [0.1, 0.15) is 34.6 Å². The summed E-state index contributed by atoms with van der Waals surface area (Å²) in [6.45, 7) is 3.89. The van der Waals surface area contributed by atoms with Crippen LogP contribution in [0.4, 0.5) is 8.78 Å². The Kier molecular flexibility index (Phi) is 7.63. The minimum absolute atomic E-state index is 0.0643. The van der Waals surface area contributed by atoms with Gasteiger partial charge in [-0.15, -0.1) is 0 Å². The summed E-state index contributed by atoms with van der Waals surface area (Å²) in [6.07, 6.45) is 0. The minimum Gasteiger partial charge on any atom is -0.507 e. The Balaban J connectivity index is 0.000000191. The molecular weight excluding hydrogens is 446 g/mol. The summed E-state index contributed by atoms with van der Waals surface area (Å²) in [5.74, 6) is -2.33. The van der Waals surface area contributed by atoms with Crippen LogP contribution in [0, 0.1) is 11.6 Å². The van der Waals surface area contributed by atoms with Crippen molar-refractivity contribution in [3.63, 3.8) is 0 Å². The smallest absolute Gasteiger partial charge is 0.338 e. The fourth-order valence-electron chi connectivity index (χ4n) is 3.35. The third-order valence-corrected chi connectivity index (χ3v) is 4.82. The minimum atomic E-state index is -0.533. The third-order valence-electron chi connectivity index (χ3n) is 4.82. The standard InChI is InChI=1S/2C13H11FO3/c1-2-17-13(16)9-5-8-6-10(14)3-4-11(8)12(15)7-9;1-2-17-13(16)9-6-8-4-3-5-10(14)12(8)11(15)7-9/h2*3-7,15H,2H2,1H3. The first kappa shape index (κ1) is 24.4. The van der Waals surface area contributed by atoms with Gasteiger partial charge in [0.15, 0.2) is 0 Å². The lowest BCUT2D eigenvalue weighted by molar-refractivity contribution is 0.0516. The van der Waals surface area contributed by atoms with E-state index in [2.05, 4.69) is 0 Å². The number of rotatable bonds is 4. The molecule has 0 radical (unpaired) electrons. The second-order valence-electron chi connectivity index (χ2n) is 7.14. The van der Waals surface area contributed by atoms with Crippen molar-refractivity contribution in [2.24, 2.45) is 0 Å². The Morgan fingerprint density at radius 2 is 1.35 bits per heavy atom. The van der Waals surface area contributed by atoms with Crippen molar-refractivity contribution in [1.82, 2.24) is 0 Å². The molecule has 4 aromatic rings. The number of carbonyl (C=O) groups is 2. The lowest BCUT2D eigenvalue weighted by Gasteiger charge is -2.06. The number of esters is 2. The summed E-state index contributed by atoms with van der Waals surface area (Å²) < 4.78 is 36.1. The van der Waals surface area contributed by atoms with E-state index in [0.29, 0.717) is 16.2 Å². The Labute approximate surface area is 194 Å². The molecule has 0 saturated heterocycles. The van der Waals surface area contributed by atoms with E-state index >= 15 is 0 Å². The maximum atomic E-state index is 13.5. The molecule has 0 bridgehead atoms. The predicted octanol–water partition coefficient (Wildman–Crippen LogP) is 5.72. The second-order valence-corrected chi connectivity index (χ2v) is 7.14. The molecule has 34 heavy (non-hydrogen) atoms. The molecule has 0 aliphatic heterocycles. The topological polar surface area (TPSA) is 93.1 Å². The normalized spacial score (nSPS) is 10.5. The molecule has 0 atom stereocenters. The molecule has 0 aromatic heterocycles. The summed E-state index contributed by atoms with van der Waals surface area (Å²) in [7, 11) is 0. The number of aromatic hydroxyl groups is 2. The molecular formula is C26H22F2O6. The number of phenolic OH excluding ortho intramolecular Hbond substituents is 2. The van der Waals surface area contributed by atoms with Gasteiger partial charge in [0.2, 0.25) is 0 Å². The average Bonchev–Trinajstić information content (AvgIpc) is 2.79. The molecule has 4 aromatic carbocycles. The number of hydrogen-bond acceptors (Lipinski definition) is 6. The van der Waals surface area contributed by atoms with Crippen molar-refractivity contribution in [3.05, 3.63) is 83.4 Å². The van der Waals surface area contributed by atoms with Crippen molar-refractivity contribution in [2.45, 2.75) is 13.8 Å². The third kappa shape index (κ3) is 5.40. The van der Waals surface area contributed by atoms with E-state index in [9.17, 15) is 28.6 Å². The summed E-state index contributed by atoms with van der Waals surface area (Å²) in [4.78, 5) is 23.0. The largest absolute Gasteiger partial charge is 0.507 e. The molecule has 176 valence electrons. The molecule has 0 heterocycles. The fourth-order valence-corrected chi connectivity index (χ4v) is 3.35. The van der Waals surface area contributed by atoms with Gasteiger partial charge in [0.25, 0.3) is 0 Å². The van der Waals surface area contributed by atoms with Gasteiger partial charge in [0.05, 0.1) is 29.7 Å².